The highest BCUT2D eigenvalue weighted by molar-refractivity contribution is 14.1. The minimum atomic E-state index is 0.837. The van der Waals surface area contributed by atoms with E-state index in [0.29, 0.717) is 0 Å². The zero-order chi connectivity index (χ0) is 15.5. The Balaban J connectivity index is 1.44. The number of rotatable bonds is 10. The molecule has 2 rings (SSSR count). The van der Waals surface area contributed by atoms with Crippen molar-refractivity contribution in [3.63, 3.8) is 0 Å². The second-order valence-corrected chi connectivity index (χ2v) is 6.80. The highest BCUT2D eigenvalue weighted by Crippen LogP contribution is 2.20. The fourth-order valence-corrected chi connectivity index (χ4v) is 3.07. The van der Waals surface area contributed by atoms with Gasteiger partial charge in [0.25, 0.3) is 0 Å². The largest absolute Gasteiger partial charge is 0.492 e. The molecule has 0 saturated heterocycles. The Hall–Kier alpha value is -1.03. The van der Waals surface area contributed by atoms with Gasteiger partial charge < -0.3 is 4.74 Å². The lowest BCUT2D eigenvalue weighted by Crippen LogP contribution is -1.98. The molecule has 0 aliphatic rings. The molecule has 2 aromatic rings. The summed E-state index contributed by atoms with van der Waals surface area (Å²) in [5.74, 6) is 1.02. The number of halogens is 1. The van der Waals surface area contributed by atoms with Crippen LogP contribution in [0.4, 0.5) is 0 Å². The number of hydrogen-bond acceptors (Lipinski definition) is 1. The monoisotopic (exact) mass is 408 g/mol. The fraction of sp³-hybridized carbons (Fsp3) is 0.400. The molecular weight excluding hydrogens is 383 g/mol. The summed E-state index contributed by atoms with van der Waals surface area (Å²) in [5, 5.41) is 0. The van der Waals surface area contributed by atoms with Crippen LogP contribution in [-0.4, -0.2) is 6.61 Å². The molecule has 0 radical (unpaired) electrons. The van der Waals surface area contributed by atoms with Gasteiger partial charge >= 0.3 is 0 Å². The first kappa shape index (κ1) is 17.3. The maximum Gasteiger partial charge on any atom is 0.132 e. The van der Waals surface area contributed by atoms with Crippen molar-refractivity contribution >= 4 is 22.6 Å². The topological polar surface area (TPSA) is 9.23 Å². The summed E-state index contributed by atoms with van der Waals surface area (Å²) in [7, 11) is 0. The van der Waals surface area contributed by atoms with Crippen molar-refractivity contribution in [1.82, 2.24) is 0 Å². The van der Waals surface area contributed by atoms with Gasteiger partial charge in [-0.15, -0.1) is 0 Å². The Morgan fingerprint density at radius 2 is 1.32 bits per heavy atom. The lowest BCUT2D eigenvalue weighted by molar-refractivity contribution is 0.302. The van der Waals surface area contributed by atoms with Crippen LogP contribution in [0.15, 0.2) is 54.6 Å². The van der Waals surface area contributed by atoms with Crippen LogP contribution in [0.3, 0.4) is 0 Å². The predicted molar refractivity (Wildman–Crippen MR) is 103 cm³/mol. The molecule has 2 aromatic carbocycles. The normalized spacial score (nSPS) is 10.6. The second kappa shape index (κ2) is 10.7. The molecule has 1 nitrogen and oxygen atoms in total. The first-order valence-electron chi connectivity index (χ1n) is 8.27. The SMILES string of the molecule is Ic1ccccc1OCCCCCCCCc1ccccc1. The van der Waals surface area contributed by atoms with Crippen molar-refractivity contribution in [3.8, 4) is 5.75 Å². The Labute approximate surface area is 148 Å². The smallest absolute Gasteiger partial charge is 0.132 e. The molecule has 0 unspecified atom stereocenters. The first-order valence-corrected chi connectivity index (χ1v) is 9.35. The van der Waals surface area contributed by atoms with Crippen LogP contribution in [0, 0.1) is 3.57 Å². The Morgan fingerprint density at radius 1 is 0.682 bits per heavy atom. The van der Waals surface area contributed by atoms with Crippen LogP contribution in [0.5, 0.6) is 5.75 Å². The van der Waals surface area contributed by atoms with E-state index in [-0.39, 0.29) is 0 Å². The molecule has 0 atom stereocenters. The minimum Gasteiger partial charge on any atom is -0.492 e. The average Bonchev–Trinajstić information content (AvgIpc) is 2.56. The van der Waals surface area contributed by atoms with E-state index >= 15 is 0 Å². The van der Waals surface area contributed by atoms with Crippen molar-refractivity contribution in [2.24, 2.45) is 0 Å². The van der Waals surface area contributed by atoms with Gasteiger partial charge in [0.1, 0.15) is 5.75 Å². The van der Waals surface area contributed by atoms with Crippen molar-refractivity contribution in [2.45, 2.75) is 44.9 Å². The lowest BCUT2D eigenvalue weighted by Gasteiger charge is -2.07. The van der Waals surface area contributed by atoms with Crippen LogP contribution in [0.25, 0.3) is 0 Å². The Kier molecular flexibility index (Phi) is 8.39. The third-order valence-electron chi connectivity index (χ3n) is 3.80. The Morgan fingerprint density at radius 3 is 2.09 bits per heavy atom. The van der Waals surface area contributed by atoms with Crippen molar-refractivity contribution in [2.75, 3.05) is 6.61 Å². The van der Waals surface area contributed by atoms with E-state index in [2.05, 4.69) is 59.0 Å². The molecule has 0 aromatic heterocycles. The van der Waals surface area contributed by atoms with Gasteiger partial charge in [0, 0.05) is 0 Å². The van der Waals surface area contributed by atoms with Crippen LogP contribution < -0.4 is 4.74 Å². The van der Waals surface area contributed by atoms with Gasteiger partial charge in [-0.1, -0.05) is 68.1 Å². The summed E-state index contributed by atoms with van der Waals surface area (Å²) in [6.07, 6.45) is 8.96. The molecule has 0 saturated carbocycles. The van der Waals surface area contributed by atoms with Crippen LogP contribution in [0.2, 0.25) is 0 Å². The number of unbranched alkanes of at least 4 members (excludes halogenated alkanes) is 5. The van der Waals surface area contributed by atoms with E-state index in [4.69, 9.17) is 4.74 Å². The van der Waals surface area contributed by atoms with Crippen LogP contribution in [0.1, 0.15) is 44.1 Å². The van der Waals surface area contributed by atoms with Gasteiger partial charge in [0.05, 0.1) is 10.2 Å². The van der Waals surface area contributed by atoms with Gasteiger partial charge in [0.2, 0.25) is 0 Å². The summed E-state index contributed by atoms with van der Waals surface area (Å²) >= 11 is 2.32. The van der Waals surface area contributed by atoms with Crippen molar-refractivity contribution < 1.29 is 4.74 Å². The average molecular weight is 408 g/mol. The van der Waals surface area contributed by atoms with Crippen molar-refractivity contribution in [1.29, 1.82) is 0 Å². The van der Waals surface area contributed by atoms with Crippen molar-refractivity contribution in [3.05, 3.63) is 63.7 Å². The second-order valence-electron chi connectivity index (χ2n) is 5.64. The molecule has 118 valence electrons. The summed E-state index contributed by atoms with van der Waals surface area (Å²) in [4.78, 5) is 0. The summed E-state index contributed by atoms with van der Waals surface area (Å²) in [6, 6.07) is 19.0. The predicted octanol–water partition coefficient (Wildman–Crippen LogP) is 6.25. The van der Waals surface area contributed by atoms with Gasteiger partial charge in [0.15, 0.2) is 0 Å². The molecule has 0 spiro atoms. The Bertz CT molecular complexity index is 524. The highest BCUT2D eigenvalue weighted by Gasteiger charge is 1.98. The van der Waals surface area contributed by atoms with Gasteiger partial charge in [-0.05, 0) is 59.5 Å². The first-order chi connectivity index (χ1) is 10.9. The quantitative estimate of drug-likeness (QED) is 0.333. The number of aryl methyl sites for hydroxylation is 1. The van der Waals surface area contributed by atoms with Gasteiger partial charge in [-0.3, -0.25) is 0 Å². The molecule has 0 N–H and O–H groups in total. The molecule has 0 heterocycles. The van der Waals surface area contributed by atoms with E-state index in [1.165, 1.54) is 47.7 Å². The molecule has 0 bridgehead atoms. The highest BCUT2D eigenvalue weighted by atomic mass is 127. The van der Waals surface area contributed by atoms with E-state index in [9.17, 15) is 0 Å². The number of ether oxygens (including phenoxy) is 1. The van der Waals surface area contributed by atoms with E-state index in [0.717, 1.165) is 18.8 Å². The summed E-state index contributed by atoms with van der Waals surface area (Å²) in [6.45, 7) is 0.837. The van der Waals surface area contributed by atoms with E-state index < -0.39 is 0 Å². The van der Waals surface area contributed by atoms with E-state index in [1.807, 2.05) is 18.2 Å². The third-order valence-corrected chi connectivity index (χ3v) is 4.69. The molecule has 0 amide bonds. The minimum absolute atomic E-state index is 0.837. The van der Waals surface area contributed by atoms with Crippen LogP contribution >= 0.6 is 22.6 Å². The maximum atomic E-state index is 5.81. The molecular formula is C20H25IO. The number of para-hydroxylation sites is 1. The number of hydrogen-bond donors (Lipinski definition) is 0. The zero-order valence-corrected chi connectivity index (χ0v) is 15.3. The zero-order valence-electron chi connectivity index (χ0n) is 13.1. The third kappa shape index (κ3) is 6.82. The molecule has 0 fully saturated rings. The molecule has 0 aliphatic heterocycles. The lowest BCUT2D eigenvalue weighted by atomic mass is 10.1. The summed E-state index contributed by atoms with van der Waals surface area (Å²) < 4.78 is 7.01. The van der Waals surface area contributed by atoms with E-state index in [1.54, 1.807) is 0 Å². The fourth-order valence-electron chi connectivity index (χ4n) is 2.53. The van der Waals surface area contributed by atoms with Gasteiger partial charge in [-0.2, -0.15) is 0 Å². The summed E-state index contributed by atoms with van der Waals surface area (Å²) in [5.41, 5.74) is 1.47. The van der Waals surface area contributed by atoms with Crippen LogP contribution in [-0.2, 0) is 6.42 Å². The molecule has 0 aliphatic carbocycles. The number of benzene rings is 2. The molecule has 2 heteroatoms. The molecule has 22 heavy (non-hydrogen) atoms. The maximum absolute atomic E-state index is 5.81. The van der Waals surface area contributed by atoms with Gasteiger partial charge in [-0.25, -0.2) is 0 Å². The standard InChI is InChI=1S/C20H25IO/c21-19-15-9-10-16-20(19)22-17-11-4-2-1-3-6-12-18-13-7-5-8-14-18/h5,7-10,13-16H,1-4,6,11-12,17H2.